The van der Waals surface area contributed by atoms with E-state index in [0.29, 0.717) is 17.8 Å². The lowest BCUT2D eigenvalue weighted by Crippen LogP contribution is -2.42. The van der Waals surface area contributed by atoms with E-state index in [-0.39, 0.29) is 28.9 Å². The quantitative estimate of drug-likeness (QED) is 0.448. The summed E-state index contributed by atoms with van der Waals surface area (Å²) in [6, 6.07) is 1.89. The second-order valence-corrected chi connectivity index (χ2v) is 6.48. The number of ketones is 2. The zero-order valence-electron chi connectivity index (χ0n) is 15.3. The molecule has 1 heterocycles. The first-order chi connectivity index (χ1) is 12.4. The van der Waals surface area contributed by atoms with Gasteiger partial charge in [0.25, 0.3) is 0 Å². The summed E-state index contributed by atoms with van der Waals surface area (Å²) in [6.45, 7) is 5.17. The van der Waals surface area contributed by atoms with Crippen LogP contribution in [0.5, 0.6) is 0 Å². The highest BCUT2D eigenvalue weighted by molar-refractivity contribution is 6.12. The van der Waals surface area contributed by atoms with Gasteiger partial charge >= 0.3 is 0 Å². The summed E-state index contributed by atoms with van der Waals surface area (Å²) in [6.07, 6.45) is 10.7. The first kappa shape index (κ1) is 19.6. The predicted octanol–water partition coefficient (Wildman–Crippen LogP) is 3.59. The van der Waals surface area contributed by atoms with Crippen LogP contribution in [0.15, 0.2) is 58.6 Å². The lowest BCUT2D eigenvalue weighted by atomic mass is 9.75. The van der Waals surface area contributed by atoms with Crippen LogP contribution in [0.1, 0.15) is 46.5 Å². The van der Waals surface area contributed by atoms with Gasteiger partial charge in [-0.3, -0.25) is 9.59 Å². The van der Waals surface area contributed by atoms with Crippen molar-refractivity contribution in [2.24, 2.45) is 0 Å². The molecule has 26 heavy (non-hydrogen) atoms. The highest BCUT2D eigenvalue weighted by Crippen LogP contribution is 2.37. The Morgan fingerprint density at radius 2 is 2.12 bits per heavy atom. The van der Waals surface area contributed by atoms with Gasteiger partial charge in [0.15, 0.2) is 11.4 Å². The van der Waals surface area contributed by atoms with Gasteiger partial charge in [0.05, 0.1) is 5.57 Å². The van der Waals surface area contributed by atoms with Gasteiger partial charge in [0.2, 0.25) is 5.78 Å². The van der Waals surface area contributed by atoms with Crippen molar-refractivity contribution in [1.29, 1.82) is 5.26 Å². The molecule has 0 saturated carbocycles. The van der Waals surface area contributed by atoms with Gasteiger partial charge in [-0.15, -0.1) is 0 Å². The molecule has 0 aromatic carbocycles. The standard InChI is InChI=1S/C21H23NO4/c1-4-6-7-9-19(23)16(12-22)18-11-14-10-15(8-5-2)26-13-17(14)20(24)21(18,3)25/h5,8,10-11,13,25H,4,6-7,9H2,1-3H3/b8-5+,18-16+. The van der Waals surface area contributed by atoms with E-state index in [1.54, 1.807) is 18.2 Å². The summed E-state index contributed by atoms with van der Waals surface area (Å²) < 4.78 is 5.38. The van der Waals surface area contributed by atoms with Crippen LogP contribution in [0.2, 0.25) is 0 Å². The summed E-state index contributed by atoms with van der Waals surface area (Å²) in [7, 11) is 0. The van der Waals surface area contributed by atoms with E-state index in [1.165, 1.54) is 19.3 Å². The molecule has 136 valence electrons. The molecule has 5 nitrogen and oxygen atoms in total. The summed E-state index contributed by atoms with van der Waals surface area (Å²) >= 11 is 0. The SMILES string of the molecule is C/C=C/C1=CC2=C/C(=C(/C#N)C(=O)CCCCC)C(C)(O)C(=O)C2=CO1. The van der Waals surface area contributed by atoms with E-state index < -0.39 is 11.4 Å². The number of rotatable bonds is 6. The van der Waals surface area contributed by atoms with Crippen LogP contribution in [0.4, 0.5) is 0 Å². The Morgan fingerprint density at radius 3 is 2.73 bits per heavy atom. The van der Waals surface area contributed by atoms with E-state index in [2.05, 4.69) is 0 Å². The van der Waals surface area contributed by atoms with Gasteiger partial charge in [0.1, 0.15) is 23.7 Å². The third-order valence-electron chi connectivity index (χ3n) is 4.43. The minimum Gasteiger partial charge on any atom is -0.464 e. The lowest BCUT2D eigenvalue weighted by molar-refractivity contribution is -0.128. The van der Waals surface area contributed by atoms with Crippen molar-refractivity contribution in [1.82, 2.24) is 0 Å². The van der Waals surface area contributed by atoms with Gasteiger partial charge in [0, 0.05) is 12.0 Å². The van der Waals surface area contributed by atoms with Gasteiger partial charge in [-0.25, -0.2) is 0 Å². The smallest absolute Gasteiger partial charge is 0.202 e. The third-order valence-corrected chi connectivity index (χ3v) is 4.43. The second-order valence-electron chi connectivity index (χ2n) is 6.48. The molecule has 0 aromatic heterocycles. The number of unbranched alkanes of at least 4 members (excludes halogenated alkanes) is 2. The van der Waals surface area contributed by atoms with E-state index in [1.807, 2.05) is 19.9 Å². The maximum Gasteiger partial charge on any atom is 0.202 e. The second kappa shape index (κ2) is 8.11. The molecule has 1 unspecified atom stereocenters. The molecular formula is C21H23NO4. The van der Waals surface area contributed by atoms with Gasteiger partial charge < -0.3 is 9.84 Å². The fourth-order valence-electron chi connectivity index (χ4n) is 2.95. The number of hydrogen-bond acceptors (Lipinski definition) is 5. The first-order valence-electron chi connectivity index (χ1n) is 8.75. The number of ether oxygens (including phenoxy) is 1. The molecule has 0 amide bonds. The molecule has 0 spiro atoms. The van der Waals surface area contributed by atoms with Crippen molar-refractivity contribution in [3.8, 4) is 6.07 Å². The number of carbonyl (C=O) groups is 2. The maximum atomic E-state index is 12.7. The minimum absolute atomic E-state index is 0.0524. The van der Waals surface area contributed by atoms with Gasteiger partial charge in [-0.05, 0) is 44.1 Å². The van der Waals surface area contributed by atoms with E-state index in [4.69, 9.17) is 4.74 Å². The minimum atomic E-state index is -1.95. The molecule has 1 N–H and O–H groups in total. The highest BCUT2D eigenvalue weighted by atomic mass is 16.5. The topological polar surface area (TPSA) is 87.4 Å². The molecule has 2 rings (SSSR count). The summed E-state index contributed by atoms with van der Waals surface area (Å²) in [5.74, 6) is -0.406. The molecule has 0 radical (unpaired) electrons. The van der Waals surface area contributed by atoms with Crippen LogP contribution >= 0.6 is 0 Å². The van der Waals surface area contributed by atoms with Crippen LogP contribution in [-0.4, -0.2) is 22.3 Å². The van der Waals surface area contributed by atoms with Crippen LogP contribution in [0, 0.1) is 11.3 Å². The largest absolute Gasteiger partial charge is 0.464 e. The van der Waals surface area contributed by atoms with Crippen LogP contribution in [0.25, 0.3) is 0 Å². The molecule has 0 bridgehead atoms. The van der Waals surface area contributed by atoms with E-state index in [0.717, 1.165) is 12.8 Å². The van der Waals surface area contributed by atoms with Crippen molar-refractivity contribution in [2.45, 2.75) is 52.1 Å². The number of nitriles is 1. The zero-order valence-corrected chi connectivity index (χ0v) is 15.3. The summed E-state index contributed by atoms with van der Waals surface area (Å²) in [5, 5.41) is 20.3. The maximum absolute atomic E-state index is 12.7. The Hall–Kier alpha value is -2.71. The van der Waals surface area contributed by atoms with Crippen molar-refractivity contribution in [3.05, 3.63) is 58.6 Å². The Bertz CT molecular complexity index is 813. The molecule has 0 aromatic rings. The average Bonchev–Trinajstić information content (AvgIpc) is 2.60. The Labute approximate surface area is 153 Å². The normalized spacial score (nSPS) is 24.1. The number of fused-ring (bicyclic) bond motifs is 1. The summed E-state index contributed by atoms with van der Waals surface area (Å²) in [5.41, 5.74) is -1.31. The zero-order chi connectivity index (χ0) is 19.3. The molecule has 1 aliphatic carbocycles. The van der Waals surface area contributed by atoms with Crippen molar-refractivity contribution >= 4 is 11.6 Å². The van der Waals surface area contributed by atoms with Crippen LogP contribution < -0.4 is 0 Å². The molecule has 0 saturated heterocycles. The number of carbonyl (C=O) groups excluding carboxylic acids is 2. The number of aliphatic hydroxyl groups is 1. The Balaban J connectivity index is 2.54. The van der Waals surface area contributed by atoms with Crippen molar-refractivity contribution in [2.75, 3.05) is 0 Å². The fourth-order valence-corrected chi connectivity index (χ4v) is 2.95. The summed E-state index contributed by atoms with van der Waals surface area (Å²) in [4.78, 5) is 25.2. The molecule has 1 aliphatic heterocycles. The first-order valence-corrected chi connectivity index (χ1v) is 8.75. The third kappa shape index (κ3) is 3.76. The Morgan fingerprint density at radius 1 is 1.38 bits per heavy atom. The Kier molecular flexibility index (Phi) is 6.12. The van der Waals surface area contributed by atoms with Gasteiger partial charge in [-0.1, -0.05) is 25.8 Å². The fraction of sp³-hybridized carbons (Fsp3) is 0.381. The van der Waals surface area contributed by atoms with Crippen molar-refractivity contribution < 1.29 is 19.4 Å². The molecule has 5 heteroatoms. The van der Waals surface area contributed by atoms with E-state index in [9.17, 15) is 20.0 Å². The molecule has 1 atom stereocenters. The number of nitrogens with zero attached hydrogens (tertiary/aromatic N) is 1. The number of Topliss-reactive ketones (excluding diaryl/α,β-unsaturated/α-hetero) is 2. The molecular weight excluding hydrogens is 330 g/mol. The van der Waals surface area contributed by atoms with Gasteiger partial charge in [-0.2, -0.15) is 5.26 Å². The van der Waals surface area contributed by atoms with Crippen molar-refractivity contribution in [3.63, 3.8) is 0 Å². The monoisotopic (exact) mass is 353 g/mol. The lowest BCUT2D eigenvalue weighted by Gasteiger charge is -2.31. The van der Waals surface area contributed by atoms with E-state index >= 15 is 0 Å². The predicted molar refractivity (Wildman–Crippen MR) is 97.6 cm³/mol. The van der Waals surface area contributed by atoms with Crippen LogP contribution in [0.3, 0.4) is 0 Å². The highest BCUT2D eigenvalue weighted by Gasteiger charge is 2.43. The number of allylic oxidation sites excluding steroid dienone is 5. The number of hydrogen-bond donors (Lipinski definition) is 1. The molecule has 2 aliphatic rings. The molecule has 0 fully saturated rings. The van der Waals surface area contributed by atoms with Crippen LogP contribution in [-0.2, 0) is 14.3 Å². The average molecular weight is 353 g/mol.